The van der Waals surface area contributed by atoms with Crippen molar-refractivity contribution in [3.63, 3.8) is 0 Å². The summed E-state index contributed by atoms with van der Waals surface area (Å²) < 4.78 is 17.4. The van der Waals surface area contributed by atoms with Gasteiger partial charge in [-0.05, 0) is 80.0 Å². The Morgan fingerprint density at radius 3 is 2.88 bits per heavy atom. The van der Waals surface area contributed by atoms with Crippen LogP contribution in [0.25, 0.3) is 0 Å². The number of fused-ring (bicyclic) bond motifs is 4. The number of carbonyl (C=O) groups is 1. The van der Waals surface area contributed by atoms with Gasteiger partial charge in [-0.15, -0.1) is 0 Å². The second-order valence-electron chi connectivity index (χ2n) is 11.2. The topological polar surface area (TPSA) is 71.5 Å². The molecule has 4 unspecified atom stereocenters. The molecule has 2 saturated heterocycles. The second kappa shape index (κ2) is 7.10. The molecule has 6 nitrogen and oxygen atoms in total. The van der Waals surface area contributed by atoms with Gasteiger partial charge in [-0.1, -0.05) is 6.92 Å². The number of epoxide rings is 1. The zero-order valence-corrected chi connectivity index (χ0v) is 19.4. The minimum Gasteiger partial charge on any atom is -0.504 e. The Hall–Kier alpha value is -1.79. The van der Waals surface area contributed by atoms with E-state index in [1.54, 1.807) is 7.11 Å². The molecular formula is C26H35NO5. The molecule has 4 fully saturated rings. The normalized spacial score (nSPS) is 42.7. The van der Waals surface area contributed by atoms with Crippen molar-refractivity contribution in [2.24, 2.45) is 23.2 Å². The second-order valence-corrected chi connectivity index (χ2v) is 11.2. The number of rotatable bonds is 3. The van der Waals surface area contributed by atoms with Crippen molar-refractivity contribution in [1.29, 1.82) is 0 Å². The molecule has 6 heteroatoms. The van der Waals surface area contributed by atoms with E-state index in [1.807, 2.05) is 12.1 Å². The molecule has 0 radical (unpaired) electrons. The van der Waals surface area contributed by atoms with Gasteiger partial charge >= 0.3 is 5.97 Å². The highest BCUT2D eigenvalue weighted by Gasteiger charge is 2.65. The summed E-state index contributed by atoms with van der Waals surface area (Å²) in [4.78, 5) is 15.5. The molecule has 1 aromatic carbocycles. The smallest absolute Gasteiger partial charge is 0.310 e. The molecule has 1 aromatic rings. The number of esters is 1. The number of phenolic OH excluding ortho intramolecular Hbond substituents is 1. The van der Waals surface area contributed by atoms with E-state index in [0.717, 1.165) is 44.5 Å². The fraction of sp³-hybridized carbons (Fsp3) is 0.731. The average Bonchev–Trinajstić information content (AvgIpc) is 3.46. The number of carbonyl (C=O) groups excluding carboxylic acids is 1. The third-order valence-electron chi connectivity index (χ3n) is 9.62. The van der Waals surface area contributed by atoms with Crippen LogP contribution < -0.4 is 4.74 Å². The van der Waals surface area contributed by atoms with Crippen molar-refractivity contribution in [3.05, 3.63) is 23.3 Å². The van der Waals surface area contributed by atoms with Crippen molar-refractivity contribution in [2.45, 2.75) is 70.1 Å². The van der Waals surface area contributed by atoms with Crippen LogP contribution in [0.4, 0.5) is 0 Å². The van der Waals surface area contributed by atoms with E-state index >= 15 is 0 Å². The highest BCUT2D eigenvalue weighted by molar-refractivity contribution is 5.75. The number of aromatic hydroxyl groups is 1. The Labute approximate surface area is 190 Å². The molecule has 0 bridgehead atoms. The molecule has 0 amide bonds. The predicted molar refractivity (Wildman–Crippen MR) is 119 cm³/mol. The molecule has 174 valence electrons. The lowest BCUT2D eigenvalue weighted by molar-refractivity contribution is -0.147. The Bertz CT molecular complexity index is 942. The van der Waals surface area contributed by atoms with Gasteiger partial charge < -0.3 is 19.3 Å². The van der Waals surface area contributed by atoms with Gasteiger partial charge in [-0.2, -0.15) is 0 Å². The van der Waals surface area contributed by atoms with Crippen LogP contribution in [0, 0.1) is 23.2 Å². The van der Waals surface area contributed by atoms with E-state index in [0.29, 0.717) is 11.7 Å². The zero-order valence-electron chi connectivity index (χ0n) is 19.4. The highest BCUT2D eigenvalue weighted by atomic mass is 16.6. The van der Waals surface area contributed by atoms with Crippen molar-refractivity contribution in [1.82, 2.24) is 4.90 Å². The average molecular weight is 442 g/mol. The number of hydrogen-bond donors (Lipinski definition) is 1. The van der Waals surface area contributed by atoms with Gasteiger partial charge in [-0.3, -0.25) is 9.69 Å². The van der Waals surface area contributed by atoms with Crippen LogP contribution >= 0.6 is 0 Å². The highest BCUT2D eigenvalue weighted by Crippen LogP contribution is 2.63. The largest absolute Gasteiger partial charge is 0.504 e. The van der Waals surface area contributed by atoms with E-state index in [4.69, 9.17) is 14.2 Å². The van der Waals surface area contributed by atoms with Crippen molar-refractivity contribution in [3.8, 4) is 11.5 Å². The number of phenols is 1. The summed E-state index contributed by atoms with van der Waals surface area (Å²) in [5.74, 6) is 1.46. The summed E-state index contributed by atoms with van der Waals surface area (Å²) in [6.45, 7) is 7.11. The first-order chi connectivity index (χ1) is 15.3. The molecule has 3 heterocycles. The molecular weight excluding hydrogens is 406 g/mol. The van der Waals surface area contributed by atoms with Gasteiger partial charge in [0, 0.05) is 25.0 Å². The maximum absolute atomic E-state index is 13.1. The lowest BCUT2D eigenvalue weighted by Gasteiger charge is -2.51. The molecule has 6 rings (SSSR count). The fourth-order valence-electron chi connectivity index (χ4n) is 7.72. The summed E-state index contributed by atoms with van der Waals surface area (Å²) in [6, 6.07) is 3.94. The number of benzene rings is 1. The standard InChI is InChI=1S/C26H35NO5/c1-15-17-10-20(28)21(30-3)9-16(17)5-8-27(15)13-19-18-11-23-25(2,12-22(18)32-24(19)29)6-4-7-26(23)14-31-26/h9-10,15,18-19,22-23,28H,4-8,11-14H2,1-3H3/t15?,18-,19?,22-,23?,25-,26?/m1/s1. The molecule has 2 aliphatic carbocycles. The zero-order chi connectivity index (χ0) is 22.3. The van der Waals surface area contributed by atoms with Gasteiger partial charge in [-0.25, -0.2) is 0 Å². The van der Waals surface area contributed by atoms with Crippen molar-refractivity contribution < 1.29 is 24.1 Å². The molecule has 5 aliphatic rings. The van der Waals surface area contributed by atoms with Crippen LogP contribution in [0.2, 0.25) is 0 Å². The third-order valence-corrected chi connectivity index (χ3v) is 9.62. The lowest BCUT2D eigenvalue weighted by atomic mass is 9.53. The lowest BCUT2D eigenvalue weighted by Crippen LogP contribution is -2.51. The molecule has 32 heavy (non-hydrogen) atoms. The van der Waals surface area contributed by atoms with Crippen LogP contribution in [-0.2, 0) is 20.7 Å². The number of hydrogen-bond acceptors (Lipinski definition) is 6. The molecule has 7 atom stereocenters. The third kappa shape index (κ3) is 3.02. The summed E-state index contributed by atoms with van der Waals surface area (Å²) in [6.07, 6.45) is 6.62. The monoisotopic (exact) mass is 441 g/mol. The van der Waals surface area contributed by atoms with E-state index in [2.05, 4.69) is 18.7 Å². The van der Waals surface area contributed by atoms with Crippen molar-refractivity contribution >= 4 is 5.97 Å². The minimum atomic E-state index is -0.0712. The molecule has 0 aromatic heterocycles. The molecule has 2 saturated carbocycles. The Kier molecular flexibility index (Phi) is 4.61. The Balaban J connectivity index is 1.22. The van der Waals surface area contributed by atoms with E-state index in [1.165, 1.54) is 24.8 Å². The summed E-state index contributed by atoms with van der Waals surface area (Å²) >= 11 is 0. The van der Waals surface area contributed by atoms with Crippen LogP contribution in [0.3, 0.4) is 0 Å². The van der Waals surface area contributed by atoms with Crippen LogP contribution in [0.5, 0.6) is 11.5 Å². The SMILES string of the molecule is COc1cc2c(cc1O)C(C)N(CC1C(=O)O[C@@H]3C[C@@]4(C)CCCC5(CO5)C4C[C@H]13)CC2. The maximum Gasteiger partial charge on any atom is 0.310 e. The van der Waals surface area contributed by atoms with Gasteiger partial charge in [0.05, 0.1) is 25.2 Å². The van der Waals surface area contributed by atoms with E-state index in [-0.39, 0.29) is 46.7 Å². The quantitative estimate of drug-likeness (QED) is 0.568. The summed E-state index contributed by atoms with van der Waals surface area (Å²) in [5.41, 5.74) is 2.67. The minimum absolute atomic E-state index is 0.0106. The summed E-state index contributed by atoms with van der Waals surface area (Å²) in [7, 11) is 1.58. The Morgan fingerprint density at radius 1 is 1.31 bits per heavy atom. The van der Waals surface area contributed by atoms with E-state index in [9.17, 15) is 9.90 Å². The van der Waals surface area contributed by atoms with Gasteiger partial charge in [0.2, 0.25) is 0 Å². The predicted octanol–water partition coefficient (Wildman–Crippen LogP) is 3.85. The first-order valence-corrected chi connectivity index (χ1v) is 12.3. The van der Waals surface area contributed by atoms with Crippen molar-refractivity contribution in [2.75, 3.05) is 26.8 Å². The Morgan fingerprint density at radius 2 is 2.12 bits per heavy atom. The molecule has 1 N–H and O–H groups in total. The number of ether oxygens (including phenoxy) is 3. The van der Waals surface area contributed by atoms with Gasteiger partial charge in [0.1, 0.15) is 6.10 Å². The number of methoxy groups -OCH3 is 1. The molecule has 1 spiro atoms. The van der Waals surface area contributed by atoms with Crippen LogP contribution in [0.1, 0.15) is 63.1 Å². The molecule has 3 aliphatic heterocycles. The number of nitrogens with zero attached hydrogens (tertiary/aromatic N) is 1. The summed E-state index contributed by atoms with van der Waals surface area (Å²) in [5, 5.41) is 10.3. The fourth-order valence-corrected chi connectivity index (χ4v) is 7.72. The van der Waals surface area contributed by atoms with Gasteiger partial charge in [0.15, 0.2) is 11.5 Å². The first-order valence-electron chi connectivity index (χ1n) is 12.3. The first kappa shape index (κ1) is 20.8. The van der Waals surface area contributed by atoms with E-state index < -0.39 is 0 Å². The van der Waals surface area contributed by atoms with Crippen LogP contribution in [0.15, 0.2) is 12.1 Å². The van der Waals surface area contributed by atoms with Crippen LogP contribution in [-0.4, -0.2) is 54.5 Å². The van der Waals surface area contributed by atoms with Gasteiger partial charge in [0.25, 0.3) is 0 Å². The maximum atomic E-state index is 13.1.